The topological polar surface area (TPSA) is 6.48 Å². The highest BCUT2D eigenvalue weighted by molar-refractivity contribution is 6.24. The Kier molecular flexibility index (Phi) is 9.89. The molecule has 0 amide bonds. The van der Waals surface area contributed by atoms with Gasteiger partial charge in [-0.05, 0) is 153 Å². The second-order valence-electron chi connectivity index (χ2n) is 18.7. The smallest absolute Gasteiger partial charge is 0.0709 e. The lowest BCUT2D eigenvalue weighted by atomic mass is 9.83. The van der Waals surface area contributed by atoms with Crippen LogP contribution in [-0.2, 0) is 0 Å². The molecule has 0 spiro atoms. The first kappa shape index (κ1) is 41.5. The average molecular weight is 915 g/mol. The Hall–Kier alpha value is -9.50. The molecule has 0 aromatic heterocycles. The molecule has 0 fully saturated rings. The van der Waals surface area contributed by atoms with E-state index in [1.165, 1.54) is 98.7 Å². The summed E-state index contributed by atoms with van der Waals surface area (Å²) in [5.41, 5.74) is 19.0. The molecular formula is C70H46N2. The van der Waals surface area contributed by atoms with Crippen molar-refractivity contribution >= 4 is 77.2 Å². The highest BCUT2D eigenvalue weighted by Gasteiger charge is 2.31. The summed E-state index contributed by atoms with van der Waals surface area (Å²) in [5.74, 6) is 0. The van der Waals surface area contributed by atoms with Gasteiger partial charge in [-0.15, -0.1) is 0 Å². The zero-order valence-electron chi connectivity index (χ0n) is 39.5. The molecule has 72 heavy (non-hydrogen) atoms. The first-order chi connectivity index (χ1) is 35.8. The maximum Gasteiger partial charge on any atom is 0.0709 e. The van der Waals surface area contributed by atoms with Crippen LogP contribution in [0.2, 0.25) is 0 Å². The van der Waals surface area contributed by atoms with Crippen LogP contribution in [0.15, 0.2) is 279 Å². The zero-order valence-corrected chi connectivity index (χ0v) is 39.5. The van der Waals surface area contributed by atoms with Crippen LogP contribution in [0.25, 0.3) is 98.7 Å². The van der Waals surface area contributed by atoms with E-state index >= 15 is 0 Å². The van der Waals surface area contributed by atoms with Crippen molar-refractivity contribution in [2.24, 2.45) is 0 Å². The van der Waals surface area contributed by atoms with Crippen LogP contribution >= 0.6 is 0 Å². The lowest BCUT2D eigenvalue weighted by molar-refractivity contribution is 1.17. The van der Waals surface area contributed by atoms with Crippen LogP contribution in [-0.4, -0.2) is 0 Å². The lowest BCUT2D eigenvalue weighted by Crippen LogP contribution is -2.24. The number of anilines is 6. The summed E-state index contributed by atoms with van der Waals surface area (Å²) in [5, 5.41) is 9.88. The first-order valence-electron chi connectivity index (χ1n) is 24.8. The molecule has 0 N–H and O–H groups in total. The van der Waals surface area contributed by atoms with Crippen molar-refractivity contribution in [3.63, 3.8) is 0 Å². The molecular weight excluding hydrogens is 869 g/mol. The predicted molar refractivity (Wildman–Crippen MR) is 307 cm³/mol. The summed E-state index contributed by atoms with van der Waals surface area (Å²) in [6, 6.07) is 102. The molecule has 0 aliphatic carbocycles. The number of hydrogen-bond acceptors (Lipinski definition) is 2. The number of hydrogen-bond donors (Lipinski definition) is 0. The molecule has 1 heterocycles. The highest BCUT2D eigenvalue weighted by atomic mass is 15.3. The van der Waals surface area contributed by atoms with Crippen molar-refractivity contribution in [2.45, 2.75) is 0 Å². The minimum Gasteiger partial charge on any atom is -0.306 e. The van der Waals surface area contributed by atoms with Gasteiger partial charge in [0.2, 0.25) is 0 Å². The van der Waals surface area contributed by atoms with Gasteiger partial charge in [-0.3, -0.25) is 0 Å². The summed E-state index contributed by atoms with van der Waals surface area (Å²) in [4.78, 5) is 4.83. The summed E-state index contributed by atoms with van der Waals surface area (Å²) in [6.45, 7) is 0. The third-order valence-corrected chi connectivity index (χ3v) is 14.7. The van der Waals surface area contributed by atoms with Crippen molar-refractivity contribution in [1.29, 1.82) is 0 Å². The molecule has 2 heteroatoms. The number of rotatable bonds is 7. The van der Waals surface area contributed by atoms with Crippen molar-refractivity contribution in [3.8, 4) is 55.6 Å². The molecule has 0 saturated heterocycles. The molecule has 13 aromatic carbocycles. The standard InChI is InChI=1S/C70H46N2/c1-5-21-47(22-6-1)51-41-43-61-62(45-51)69(48-23-7-2-8-24-48)58-32-16-13-29-55(58)68(61)50-39-37-49(38-40-50)67-56-30-14-17-33-59(56)70(60-34-18-15-31-57(60)67)52-42-44-65-66(46-52)72(54-27-11-4-12-28-54)64-36-20-19-35-63(64)71(65)53-25-9-3-10-26-53/h1-46H. The van der Waals surface area contributed by atoms with Gasteiger partial charge in [0.15, 0.2) is 0 Å². The van der Waals surface area contributed by atoms with Crippen LogP contribution in [0.1, 0.15) is 0 Å². The molecule has 0 unspecified atom stereocenters. The fourth-order valence-corrected chi connectivity index (χ4v) is 11.6. The van der Waals surface area contributed by atoms with Crippen LogP contribution in [0, 0.1) is 0 Å². The highest BCUT2D eigenvalue weighted by Crippen LogP contribution is 2.56. The Morgan fingerprint density at radius 2 is 0.472 bits per heavy atom. The van der Waals surface area contributed by atoms with Crippen molar-refractivity contribution in [2.75, 3.05) is 9.80 Å². The van der Waals surface area contributed by atoms with Gasteiger partial charge in [0.05, 0.1) is 22.7 Å². The van der Waals surface area contributed by atoms with Gasteiger partial charge < -0.3 is 9.80 Å². The maximum absolute atomic E-state index is 2.43. The van der Waals surface area contributed by atoms with Crippen molar-refractivity contribution in [1.82, 2.24) is 0 Å². The Bertz CT molecular complexity index is 4130. The maximum atomic E-state index is 2.43. The second-order valence-corrected chi connectivity index (χ2v) is 18.7. The minimum absolute atomic E-state index is 1.12. The molecule has 0 atom stereocenters. The van der Waals surface area contributed by atoms with E-state index in [0.717, 1.165) is 34.1 Å². The van der Waals surface area contributed by atoms with Gasteiger partial charge >= 0.3 is 0 Å². The average Bonchev–Trinajstić information content (AvgIpc) is 3.46. The third kappa shape index (κ3) is 6.72. The Morgan fingerprint density at radius 1 is 0.167 bits per heavy atom. The van der Waals surface area contributed by atoms with E-state index in [9.17, 15) is 0 Å². The van der Waals surface area contributed by atoms with E-state index in [1.807, 2.05) is 0 Å². The lowest BCUT2D eigenvalue weighted by Gasteiger charge is -2.40. The van der Waals surface area contributed by atoms with E-state index in [1.54, 1.807) is 0 Å². The van der Waals surface area contributed by atoms with Crippen molar-refractivity contribution in [3.05, 3.63) is 279 Å². The minimum atomic E-state index is 1.12. The molecule has 13 aromatic rings. The van der Waals surface area contributed by atoms with Crippen LogP contribution in [0.3, 0.4) is 0 Å². The number of benzene rings is 13. The Balaban J connectivity index is 0.950. The zero-order chi connectivity index (χ0) is 47.5. The molecule has 0 bridgehead atoms. The van der Waals surface area contributed by atoms with Crippen molar-refractivity contribution < 1.29 is 0 Å². The summed E-state index contributed by atoms with van der Waals surface area (Å²) in [7, 11) is 0. The van der Waals surface area contributed by atoms with Gasteiger partial charge in [0, 0.05) is 11.4 Å². The molecule has 1 aliphatic heterocycles. The molecule has 1 aliphatic rings. The number of para-hydroxylation sites is 4. The summed E-state index contributed by atoms with van der Waals surface area (Å²) < 4.78 is 0. The molecule has 336 valence electrons. The van der Waals surface area contributed by atoms with Gasteiger partial charge in [-0.25, -0.2) is 0 Å². The molecule has 0 saturated carbocycles. The monoisotopic (exact) mass is 914 g/mol. The van der Waals surface area contributed by atoms with Gasteiger partial charge in [0.25, 0.3) is 0 Å². The summed E-state index contributed by atoms with van der Waals surface area (Å²) >= 11 is 0. The van der Waals surface area contributed by atoms with E-state index in [4.69, 9.17) is 0 Å². The fraction of sp³-hybridized carbons (Fsp3) is 0. The largest absolute Gasteiger partial charge is 0.306 e. The van der Waals surface area contributed by atoms with E-state index in [0.29, 0.717) is 0 Å². The number of fused-ring (bicyclic) bond motifs is 6. The van der Waals surface area contributed by atoms with Crippen LogP contribution in [0.4, 0.5) is 34.1 Å². The number of nitrogens with zero attached hydrogens (tertiary/aromatic N) is 2. The predicted octanol–water partition coefficient (Wildman–Crippen LogP) is 19.9. The van der Waals surface area contributed by atoms with Crippen LogP contribution < -0.4 is 9.80 Å². The van der Waals surface area contributed by atoms with E-state index in [-0.39, 0.29) is 0 Å². The third-order valence-electron chi connectivity index (χ3n) is 14.7. The summed E-state index contributed by atoms with van der Waals surface area (Å²) in [6.07, 6.45) is 0. The first-order valence-corrected chi connectivity index (χ1v) is 24.8. The van der Waals surface area contributed by atoms with Gasteiger partial charge in [-0.1, -0.05) is 224 Å². The van der Waals surface area contributed by atoms with Crippen LogP contribution in [0.5, 0.6) is 0 Å². The Labute approximate surface area is 419 Å². The van der Waals surface area contributed by atoms with E-state index < -0.39 is 0 Å². The normalized spacial score (nSPS) is 12.1. The second kappa shape index (κ2) is 17.2. The quantitative estimate of drug-likeness (QED) is 0.147. The SMILES string of the molecule is c1ccc(-c2ccc3c(-c4ccc(-c5c6ccccc6c(-c6ccc7c(c6)N(c6ccccc6)c6ccccc6N7c6ccccc6)c6ccccc56)cc4)c4ccccc4c(-c4ccccc4)c3c2)cc1. The Morgan fingerprint density at radius 3 is 0.944 bits per heavy atom. The molecule has 2 nitrogen and oxygen atoms in total. The van der Waals surface area contributed by atoms with Gasteiger partial charge in [0.1, 0.15) is 0 Å². The molecule has 14 rings (SSSR count). The van der Waals surface area contributed by atoms with Gasteiger partial charge in [-0.2, -0.15) is 0 Å². The molecule has 0 radical (unpaired) electrons. The fourth-order valence-electron chi connectivity index (χ4n) is 11.6. The van der Waals surface area contributed by atoms with E-state index in [2.05, 4.69) is 289 Å².